The maximum absolute atomic E-state index is 12.1. The van der Waals surface area contributed by atoms with E-state index in [-0.39, 0.29) is 11.7 Å². The number of alkyl halides is 3. The minimum atomic E-state index is -5.08. The number of halogens is 3. The maximum Gasteiger partial charge on any atom is 0.490 e. The van der Waals surface area contributed by atoms with E-state index in [0.717, 1.165) is 66.1 Å². The first kappa shape index (κ1) is 28.4. The molecule has 5 heterocycles. The molecule has 12 heteroatoms. The molecule has 3 N–H and O–H groups in total. The number of carboxylic acid groups (broad SMARTS) is 1. The monoisotopic (exact) mass is 570 g/mol. The summed E-state index contributed by atoms with van der Waals surface area (Å²) in [7, 11) is 0. The van der Waals surface area contributed by atoms with Crippen LogP contribution in [0.4, 0.5) is 18.9 Å². The van der Waals surface area contributed by atoms with Crippen molar-refractivity contribution in [3.05, 3.63) is 71.2 Å². The Kier molecular flexibility index (Phi) is 8.13. The Hall–Kier alpha value is -4.16. The molecule has 0 aliphatic carbocycles. The fraction of sp³-hybridized carbons (Fsp3) is 0.345. The lowest BCUT2D eigenvalue weighted by Crippen LogP contribution is -2.45. The van der Waals surface area contributed by atoms with E-state index in [1.165, 1.54) is 5.69 Å². The zero-order valence-electron chi connectivity index (χ0n) is 22.0. The van der Waals surface area contributed by atoms with Crippen molar-refractivity contribution in [3.8, 4) is 11.3 Å². The number of fused-ring (bicyclic) bond motifs is 1. The van der Waals surface area contributed by atoms with Crippen molar-refractivity contribution in [1.29, 1.82) is 0 Å². The zero-order valence-corrected chi connectivity index (χ0v) is 22.0. The molecule has 1 amide bonds. The number of hydrogen-bond donors (Lipinski definition) is 3. The average Bonchev–Trinajstić information content (AvgIpc) is 3.61. The molecule has 3 aliphatic rings. The van der Waals surface area contributed by atoms with Crippen LogP contribution in [0.3, 0.4) is 0 Å². The molecular weight excluding hydrogens is 541 g/mol. The van der Waals surface area contributed by atoms with Gasteiger partial charge in [0.05, 0.1) is 24.5 Å². The van der Waals surface area contributed by atoms with Gasteiger partial charge < -0.3 is 29.8 Å². The summed E-state index contributed by atoms with van der Waals surface area (Å²) in [6, 6.07) is 14.4. The number of nitrogens with zero attached hydrogens (tertiary/aromatic N) is 2. The highest BCUT2D eigenvalue weighted by atomic mass is 19.4. The third-order valence-corrected chi connectivity index (χ3v) is 7.19. The molecule has 216 valence electrons. The molecule has 2 saturated heterocycles. The lowest BCUT2D eigenvalue weighted by Gasteiger charge is -2.39. The van der Waals surface area contributed by atoms with Crippen LogP contribution in [0.1, 0.15) is 40.2 Å². The minimum absolute atomic E-state index is 0.00998. The van der Waals surface area contributed by atoms with E-state index < -0.39 is 12.1 Å². The normalized spacial score (nSPS) is 18.1. The lowest BCUT2D eigenvalue weighted by molar-refractivity contribution is -0.192. The van der Waals surface area contributed by atoms with Crippen LogP contribution in [-0.4, -0.2) is 71.8 Å². The van der Waals surface area contributed by atoms with Gasteiger partial charge in [-0.05, 0) is 35.9 Å². The third-order valence-electron chi connectivity index (χ3n) is 7.19. The molecule has 1 aromatic carbocycles. The van der Waals surface area contributed by atoms with Gasteiger partial charge in [-0.2, -0.15) is 13.2 Å². The van der Waals surface area contributed by atoms with Crippen molar-refractivity contribution >= 4 is 29.7 Å². The number of carboxylic acids is 1. The Morgan fingerprint density at radius 2 is 1.78 bits per heavy atom. The fourth-order valence-corrected chi connectivity index (χ4v) is 5.12. The number of benzene rings is 1. The predicted molar refractivity (Wildman–Crippen MR) is 145 cm³/mol. The number of H-pyrrole nitrogens is 1. The highest BCUT2D eigenvalue weighted by molar-refractivity contribution is 5.97. The van der Waals surface area contributed by atoms with Crippen molar-refractivity contribution in [2.75, 3.05) is 37.7 Å². The van der Waals surface area contributed by atoms with Gasteiger partial charge in [0.1, 0.15) is 0 Å². The van der Waals surface area contributed by atoms with Crippen LogP contribution in [-0.2, 0) is 20.7 Å². The number of anilines is 1. The first-order valence-corrected chi connectivity index (χ1v) is 13.2. The first-order valence-electron chi connectivity index (χ1n) is 13.2. The molecule has 3 aliphatic heterocycles. The first-order chi connectivity index (χ1) is 19.6. The smallest absolute Gasteiger partial charge is 0.475 e. The zero-order chi connectivity index (χ0) is 29.0. The van der Waals surface area contributed by atoms with Crippen LogP contribution < -0.4 is 10.2 Å². The van der Waals surface area contributed by atoms with Crippen LogP contribution >= 0.6 is 0 Å². The van der Waals surface area contributed by atoms with E-state index in [4.69, 9.17) is 19.4 Å². The molecule has 6 rings (SSSR count). The highest BCUT2D eigenvalue weighted by Crippen LogP contribution is 2.34. The number of hydrogen-bond acceptors (Lipinski definition) is 6. The Morgan fingerprint density at radius 1 is 1.07 bits per heavy atom. The van der Waals surface area contributed by atoms with Gasteiger partial charge in [0.15, 0.2) is 5.79 Å². The Bertz CT molecular complexity index is 1440. The molecule has 2 fully saturated rings. The average molecular weight is 571 g/mol. The highest BCUT2D eigenvalue weighted by Gasteiger charge is 2.40. The summed E-state index contributed by atoms with van der Waals surface area (Å²) < 4.78 is 43.5. The van der Waals surface area contributed by atoms with Crippen LogP contribution in [0, 0.1) is 0 Å². The van der Waals surface area contributed by atoms with Crippen molar-refractivity contribution < 1.29 is 37.3 Å². The summed E-state index contributed by atoms with van der Waals surface area (Å²) >= 11 is 0. The summed E-state index contributed by atoms with van der Waals surface area (Å²) in [6.07, 6.45) is 3.49. The molecule has 9 nitrogen and oxygen atoms in total. The lowest BCUT2D eigenvalue weighted by atomic mass is 10.0. The summed E-state index contributed by atoms with van der Waals surface area (Å²) in [5, 5.41) is 10.0. The second-order valence-corrected chi connectivity index (χ2v) is 9.84. The number of piperidine rings is 1. The summed E-state index contributed by atoms with van der Waals surface area (Å²) in [4.78, 5) is 31.4. The molecule has 0 atom stereocenters. The van der Waals surface area contributed by atoms with E-state index in [1.807, 2.05) is 30.5 Å². The van der Waals surface area contributed by atoms with Crippen molar-refractivity contribution in [2.45, 2.75) is 31.2 Å². The molecule has 3 aromatic rings. The van der Waals surface area contributed by atoms with Gasteiger partial charge in [-0.3, -0.25) is 9.78 Å². The van der Waals surface area contributed by atoms with Crippen molar-refractivity contribution in [1.82, 2.24) is 15.3 Å². The molecule has 0 unspecified atom stereocenters. The second kappa shape index (κ2) is 11.8. The van der Waals surface area contributed by atoms with Crippen molar-refractivity contribution in [3.63, 3.8) is 0 Å². The number of amides is 1. The SMILES string of the molecule is O=C(O)C(F)(F)F.O=C1NCCc2[nH]c(-c3ccnc(/C=C/c4ccccc4N4CCC5(CC4)OCCO5)c3)cc21. The van der Waals surface area contributed by atoms with Crippen LogP contribution in [0.15, 0.2) is 48.7 Å². The Labute approximate surface area is 234 Å². The molecular formula is C29H29F3N4O5. The van der Waals surface area contributed by atoms with E-state index in [0.29, 0.717) is 19.8 Å². The number of aliphatic carboxylic acids is 1. The Morgan fingerprint density at radius 3 is 2.46 bits per heavy atom. The van der Waals surface area contributed by atoms with Gasteiger partial charge >= 0.3 is 12.1 Å². The van der Waals surface area contributed by atoms with E-state index in [9.17, 15) is 18.0 Å². The molecule has 0 radical (unpaired) electrons. The van der Waals surface area contributed by atoms with Gasteiger partial charge in [0, 0.05) is 67.7 Å². The summed E-state index contributed by atoms with van der Waals surface area (Å²) in [5.74, 6) is -3.14. The standard InChI is InChI=1S/C27H28N4O3.C2HF3O2/c32-26-22-18-24(30-23(22)8-12-29-26)20-7-11-28-21(17-20)6-5-19-3-1-2-4-25(19)31-13-9-27(10-14-31)33-15-16-34-27;3-2(4,5)1(6)7/h1-7,11,17-18,30H,8-10,12-16H2,(H,29,32);(H,6,7)/b6-5+;. The Balaban J connectivity index is 0.000000431. The number of aromatic nitrogens is 2. The number of carbonyl (C=O) groups is 2. The topological polar surface area (TPSA) is 117 Å². The molecule has 0 bridgehead atoms. The van der Waals surface area contributed by atoms with Gasteiger partial charge in [-0.1, -0.05) is 24.3 Å². The molecule has 41 heavy (non-hydrogen) atoms. The molecule has 1 spiro atoms. The third kappa shape index (κ3) is 6.60. The maximum atomic E-state index is 12.1. The summed E-state index contributed by atoms with van der Waals surface area (Å²) in [6.45, 7) is 3.88. The van der Waals surface area contributed by atoms with Gasteiger partial charge in [0.25, 0.3) is 5.91 Å². The van der Waals surface area contributed by atoms with E-state index >= 15 is 0 Å². The van der Waals surface area contributed by atoms with Crippen LogP contribution in [0.5, 0.6) is 0 Å². The quantitative estimate of drug-likeness (QED) is 0.423. The number of nitrogens with one attached hydrogen (secondary N) is 2. The van der Waals surface area contributed by atoms with Gasteiger partial charge in [0.2, 0.25) is 0 Å². The van der Waals surface area contributed by atoms with Crippen molar-refractivity contribution in [2.24, 2.45) is 0 Å². The van der Waals surface area contributed by atoms with E-state index in [2.05, 4.69) is 50.5 Å². The minimum Gasteiger partial charge on any atom is -0.475 e. The number of ether oxygens (including phenoxy) is 2. The van der Waals surface area contributed by atoms with Gasteiger partial charge in [-0.15, -0.1) is 0 Å². The number of para-hydroxylation sites is 1. The molecule has 2 aromatic heterocycles. The predicted octanol–water partition coefficient (Wildman–Crippen LogP) is 4.51. The van der Waals surface area contributed by atoms with Crippen LogP contribution in [0.25, 0.3) is 23.4 Å². The number of rotatable bonds is 4. The molecule has 0 saturated carbocycles. The summed E-state index contributed by atoms with van der Waals surface area (Å²) in [5.41, 5.74) is 6.94. The second-order valence-electron chi connectivity index (χ2n) is 9.84. The van der Waals surface area contributed by atoms with Crippen LogP contribution in [0.2, 0.25) is 0 Å². The fourth-order valence-electron chi connectivity index (χ4n) is 5.12. The largest absolute Gasteiger partial charge is 0.490 e. The van der Waals surface area contributed by atoms with Gasteiger partial charge in [-0.25, -0.2) is 4.79 Å². The van der Waals surface area contributed by atoms with E-state index in [1.54, 1.807) is 0 Å². The number of carbonyl (C=O) groups excluding carboxylic acids is 1. The number of aromatic amines is 1. The number of pyridine rings is 1.